The van der Waals surface area contributed by atoms with Gasteiger partial charge in [0, 0.05) is 0 Å². The van der Waals surface area contributed by atoms with Crippen molar-refractivity contribution in [2.45, 2.75) is 19.4 Å². The predicted molar refractivity (Wildman–Crippen MR) is 34.2 cm³/mol. The van der Waals surface area contributed by atoms with Crippen molar-refractivity contribution in [2.24, 2.45) is 0 Å². The van der Waals surface area contributed by atoms with Crippen LogP contribution in [-0.4, -0.2) is 18.0 Å². The first-order valence-electron chi connectivity index (χ1n) is 2.96. The molecular formula is C7H10O2. The molecule has 0 unspecified atom stereocenters. The van der Waals surface area contributed by atoms with Crippen LogP contribution in [-0.2, 0) is 9.53 Å². The Morgan fingerprint density at radius 2 is 2.33 bits per heavy atom. The van der Waals surface area contributed by atoms with Gasteiger partial charge in [-0.3, -0.25) is 4.79 Å². The summed E-state index contributed by atoms with van der Waals surface area (Å²) in [6.45, 7) is 4.08. The predicted octanol–water partition coefficient (Wildman–Crippen LogP) is 0.920. The van der Waals surface area contributed by atoms with Crippen LogP contribution < -0.4 is 0 Å². The number of rotatable bonds is 0. The molecule has 0 amide bonds. The normalized spacial score (nSPS) is 24.4. The van der Waals surface area contributed by atoms with E-state index in [1.165, 1.54) is 0 Å². The molecule has 0 radical (unpaired) electrons. The van der Waals surface area contributed by atoms with E-state index in [-0.39, 0.29) is 18.0 Å². The fraction of sp³-hybridized carbons (Fsp3) is 0.571. The molecule has 0 atom stereocenters. The van der Waals surface area contributed by atoms with E-state index in [4.69, 9.17) is 4.74 Å². The highest BCUT2D eigenvalue weighted by atomic mass is 16.5. The summed E-state index contributed by atoms with van der Waals surface area (Å²) in [6, 6.07) is 0. The number of ketones is 1. The molecule has 0 fully saturated rings. The molecule has 2 nitrogen and oxygen atoms in total. The first kappa shape index (κ1) is 6.49. The largest absolute Gasteiger partial charge is 0.363 e. The van der Waals surface area contributed by atoms with E-state index in [2.05, 4.69) is 0 Å². The summed E-state index contributed by atoms with van der Waals surface area (Å²) in [7, 11) is 0. The van der Waals surface area contributed by atoms with Gasteiger partial charge in [0.05, 0.1) is 5.60 Å². The zero-order chi connectivity index (χ0) is 6.91. The van der Waals surface area contributed by atoms with Crippen LogP contribution in [0.25, 0.3) is 0 Å². The van der Waals surface area contributed by atoms with E-state index in [0.29, 0.717) is 0 Å². The van der Waals surface area contributed by atoms with Crippen LogP contribution in [0.1, 0.15) is 13.8 Å². The molecule has 2 heteroatoms. The molecule has 1 aliphatic rings. The van der Waals surface area contributed by atoms with E-state index in [1.54, 1.807) is 12.2 Å². The summed E-state index contributed by atoms with van der Waals surface area (Å²) in [4.78, 5) is 10.5. The molecule has 0 N–H and O–H groups in total. The standard InChI is InChI=1S/C7H10O2/c1-7(2)4-3-6(8)5-9-7/h3-4H,5H2,1-2H3. The Balaban J connectivity index is 2.69. The fourth-order valence-corrected chi connectivity index (χ4v) is 0.647. The minimum absolute atomic E-state index is 0.0503. The molecule has 0 aromatic rings. The molecule has 0 saturated heterocycles. The molecule has 0 saturated carbocycles. The average molecular weight is 126 g/mol. The molecule has 0 bridgehead atoms. The first-order chi connectivity index (χ1) is 4.10. The van der Waals surface area contributed by atoms with Crippen LogP contribution in [0.4, 0.5) is 0 Å². The summed E-state index contributed by atoms with van der Waals surface area (Å²) < 4.78 is 5.14. The van der Waals surface area contributed by atoms with Crippen molar-refractivity contribution < 1.29 is 9.53 Å². The monoisotopic (exact) mass is 126 g/mol. The van der Waals surface area contributed by atoms with E-state index in [9.17, 15) is 4.79 Å². The fourth-order valence-electron chi connectivity index (χ4n) is 0.647. The topological polar surface area (TPSA) is 26.3 Å². The molecule has 1 heterocycles. The van der Waals surface area contributed by atoms with Gasteiger partial charge >= 0.3 is 0 Å². The van der Waals surface area contributed by atoms with Crippen molar-refractivity contribution in [1.29, 1.82) is 0 Å². The zero-order valence-corrected chi connectivity index (χ0v) is 5.68. The SMILES string of the molecule is CC1(C)C=CC(=O)CO1. The zero-order valence-electron chi connectivity index (χ0n) is 5.68. The van der Waals surface area contributed by atoms with E-state index < -0.39 is 0 Å². The highest BCUT2D eigenvalue weighted by Crippen LogP contribution is 2.14. The molecular weight excluding hydrogens is 116 g/mol. The van der Waals surface area contributed by atoms with Gasteiger partial charge in [-0.05, 0) is 26.0 Å². The van der Waals surface area contributed by atoms with Crippen molar-refractivity contribution in [1.82, 2.24) is 0 Å². The molecule has 0 aromatic carbocycles. The van der Waals surface area contributed by atoms with Crippen LogP contribution in [0.2, 0.25) is 0 Å². The van der Waals surface area contributed by atoms with Crippen LogP contribution in [0.15, 0.2) is 12.2 Å². The second kappa shape index (κ2) is 1.95. The third kappa shape index (κ3) is 1.64. The second-order valence-electron chi connectivity index (χ2n) is 2.69. The Morgan fingerprint density at radius 1 is 1.67 bits per heavy atom. The first-order valence-corrected chi connectivity index (χ1v) is 2.96. The molecule has 0 aliphatic carbocycles. The van der Waals surface area contributed by atoms with Crippen molar-refractivity contribution in [3.05, 3.63) is 12.2 Å². The van der Waals surface area contributed by atoms with Crippen LogP contribution in [0.3, 0.4) is 0 Å². The number of hydrogen-bond acceptors (Lipinski definition) is 2. The lowest BCUT2D eigenvalue weighted by atomic mass is 10.1. The molecule has 0 spiro atoms. The molecule has 50 valence electrons. The second-order valence-corrected chi connectivity index (χ2v) is 2.69. The maximum Gasteiger partial charge on any atom is 0.181 e. The highest BCUT2D eigenvalue weighted by Gasteiger charge is 2.19. The Morgan fingerprint density at radius 3 is 2.67 bits per heavy atom. The van der Waals surface area contributed by atoms with Gasteiger partial charge < -0.3 is 4.74 Å². The lowest BCUT2D eigenvalue weighted by Gasteiger charge is -2.23. The van der Waals surface area contributed by atoms with Gasteiger partial charge in [-0.15, -0.1) is 0 Å². The van der Waals surface area contributed by atoms with Crippen molar-refractivity contribution in [2.75, 3.05) is 6.61 Å². The molecule has 0 aromatic heterocycles. The van der Waals surface area contributed by atoms with Gasteiger partial charge in [-0.1, -0.05) is 0 Å². The van der Waals surface area contributed by atoms with Gasteiger partial charge in [-0.25, -0.2) is 0 Å². The molecule has 9 heavy (non-hydrogen) atoms. The van der Waals surface area contributed by atoms with Crippen molar-refractivity contribution in [3.63, 3.8) is 0 Å². The van der Waals surface area contributed by atoms with Crippen molar-refractivity contribution in [3.8, 4) is 0 Å². The van der Waals surface area contributed by atoms with E-state index in [0.717, 1.165) is 0 Å². The summed E-state index contributed by atoms with van der Waals surface area (Å²) in [5.41, 5.74) is -0.242. The number of carbonyl (C=O) groups is 1. The van der Waals surface area contributed by atoms with Crippen LogP contribution in [0, 0.1) is 0 Å². The Labute approximate surface area is 54.5 Å². The third-order valence-electron chi connectivity index (χ3n) is 1.26. The Kier molecular flexibility index (Phi) is 1.41. The van der Waals surface area contributed by atoms with Crippen LogP contribution >= 0.6 is 0 Å². The summed E-state index contributed by atoms with van der Waals surface area (Å²) in [5, 5.41) is 0. The summed E-state index contributed by atoms with van der Waals surface area (Å²) in [5.74, 6) is 0.0503. The van der Waals surface area contributed by atoms with Gasteiger partial charge in [0.25, 0.3) is 0 Å². The number of hydrogen-bond donors (Lipinski definition) is 0. The van der Waals surface area contributed by atoms with E-state index in [1.807, 2.05) is 13.8 Å². The number of ether oxygens (including phenoxy) is 1. The maximum atomic E-state index is 10.5. The summed E-state index contributed by atoms with van der Waals surface area (Å²) in [6.07, 6.45) is 3.35. The van der Waals surface area contributed by atoms with Crippen molar-refractivity contribution >= 4 is 5.78 Å². The average Bonchev–Trinajstić information content (AvgIpc) is 1.78. The maximum absolute atomic E-state index is 10.5. The molecule has 1 aliphatic heterocycles. The summed E-state index contributed by atoms with van der Waals surface area (Å²) >= 11 is 0. The molecule has 1 rings (SSSR count). The Bertz CT molecular complexity index is 156. The highest BCUT2D eigenvalue weighted by molar-refractivity contribution is 5.91. The minimum atomic E-state index is -0.242. The lowest BCUT2D eigenvalue weighted by Crippen LogP contribution is -2.28. The van der Waals surface area contributed by atoms with Gasteiger partial charge in [0.15, 0.2) is 5.78 Å². The lowest BCUT2D eigenvalue weighted by molar-refractivity contribution is -0.124. The number of carbonyl (C=O) groups excluding carboxylic acids is 1. The third-order valence-corrected chi connectivity index (χ3v) is 1.26. The van der Waals surface area contributed by atoms with Gasteiger partial charge in [0.2, 0.25) is 0 Å². The van der Waals surface area contributed by atoms with Gasteiger partial charge in [0.1, 0.15) is 6.61 Å². The van der Waals surface area contributed by atoms with E-state index >= 15 is 0 Å². The van der Waals surface area contributed by atoms with Gasteiger partial charge in [-0.2, -0.15) is 0 Å². The quantitative estimate of drug-likeness (QED) is 0.482. The van der Waals surface area contributed by atoms with Crippen LogP contribution in [0.5, 0.6) is 0 Å². The minimum Gasteiger partial charge on any atom is -0.363 e. The Hall–Kier alpha value is -0.630. The smallest absolute Gasteiger partial charge is 0.181 e.